The van der Waals surface area contributed by atoms with Crippen LogP contribution in [0.3, 0.4) is 0 Å². The number of rotatable bonds is 4. The lowest BCUT2D eigenvalue weighted by atomic mass is 10.3. The van der Waals surface area contributed by atoms with E-state index in [4.69, 9.17) is 0 Å². The first-order chi connectivity index (χ1) is 13.1. The van der Waals surface area contributed by atoms with E-state index < -0.39 is 17.1 Å². The second kappa shape index (κ2) is 7.29. The lowest BCUT2D eigenvalue weighted by Gasteiger charge is -2.11. The van der Waals surface area contributed by atoms with Crippen LogP contribution in [-0.4, -0.2) is 38.5 Å². The van der Waals surface area contributed by atoms with E-state index in [1.165, 1.54) is 17.4 Å². The van der Waals surface area contributed by atoms with Crippen molar-refractivity contribution >= 4 is 61.6 Å². The van der Waals surface area contributed by atoms with E-state index in [9.17, 15) is 14.4 Å². The Balaban J connectivity index is 1.45. The van der Waals surface area contributed by atoms with Crippen LogP contribution >= 0.6 is 23.1 Å². The zero-order valence-electron chi connectivity index (χ0n) is 13.8. The van der Waals surface area contributed by atoms with Crippen LogP contribution in [0.4, 0.5) is 9.93 Å². The first-order valence-electron chi connectivity index (χ1n) is 7.92. The minimum absolute atomic E-state index is 0.242. The standard InChI is InChI=1S/C18H12N4O3S2/c23-15(21-17-20-12-6-1-2-7-13(12)26-17)10-22-16(24)14(27-18(22)25)9-11-5-3-4-8-19-11/h1-9H,10H2,(H,20,21,23). The Morgan fingerprint density at radius 3 is 2.74 bits per heavy atom. The number of carbonyl (C=O) groups excluding carboxylic acids is 3. The smallest absolute Gasteiger partial charge is 0.294 e. The molecule has 1 aliphatic rings. The van der Waals surface area contributed by atoms with E-state index in [1.54, 1.807) is 24.4 Å². The molecular formula is C18H12N4O3S2. The SMILES string of the molecule is O=C(CN1C(=O)SC(=Cc2ccccn2)C1=O)Nc1nc2ccccc2s1. The Bertz CT molecular complexity index is 1050. The van der Waals surface area contributed by atoms with Crippen LogP contribution in [0.2, 0.25) is 0 Å². The molecule has 0 aliphatic carbocycles. The number of pyridine rings is 1. The van der Waals surface area contributed by atoms with Gasteiger partial charge in [-0.2, -0.15) is 0 Å². The third kappa shape index (κ3) is 3.74. The minimum Gasteiger partial charge on any atom is -0.300 e. The molecule has 0 atom stereocenters. The van der Waals surface area contributed by atoms with Gasteiger partial charge in [0, 0.05) is 6.20 Å². The lowest BCUT2D eigenvalue weighted by Crippen LogP contribution is -2.36. The van der Waals surface area contributed by atoms with Crippen molar-refractivity contribution < 1.29 is 14.4 Å². The van der Waals surface area contributed by atoms with Gasteiger partial charge in [-0.3, -0.25) is 24.3 Å². The molecule has 3 heterocycles. The van der Waals surface area contributed by atoms with Crippen LogP contribution < -0.4 is 5.32 Å². The maximum absolute atomic E-state index is 12.4. The Kier molecular flexibility index (Phi) is 4.69. The molecular weight excluding hydrogens is 384 g/mol. The van der Waals surface area contributed by atoms with Gasteiger partial charge in [-0.1, -0.05) is 29.5 Å². The van der Waals surface area contributed by atoms with Crippen molar-refractivity contribution in [2.75, 3.05) is 11.9 Å². The van der Waals surface area contributed by atoms with Gasteiger partial charge in [0.1, 0.15) is 6.54 Å². The highest BCUT2D eigenvalue weighted by Gasteiger charge is 2.36. The number of nitrogens with one attached hydrogen (secondary N) is 1. The molecule has 0 spiro atoms. The predicted molar refractivity (Wildman–Crippen MR) is 105 cm³/mol. The number of para-hydroxylation sites is 1. The quantitative estimate of drug-likeness (QED) is 0.680. The van der Waals surface area contributed by atoms with E-state index in [0.29, 0.717) is 10.8 Å². The normalized spacial score (nSPS) is 15.7. The summed E-state index contributed by atoms with van der Waals surface area (Å²) < 4.78 is 0.942. The molecule has 0 saturated carbocycles. The Morgan fingerprint density at radius 1 is 1.15 bits per heavy atom. The second-order valence-corrected chi connectivity index (χ2v) is 7.58. The highest BCUT2D eigenvalue weighted by atomic mass is 32.2. The number of hydrogen-bond donors (Lipinski definition) is 1. The molecule has 4 rings (SSSR count). The number of anilines is 1. The molecule has 0 unspecified atom stereocenters. The number of thioether (sulfide) groups is 1. The van der Waals surface area contributed by atoms with Gasteiger partial charge in [0.25, 0.3) is 11.1 Å². The van der Waals surface area contributed by atoms with Crippen molar-refractivity contribution in [2.24, 2.45) is 0 Å². The molecule has 1 fully saturated rings. The van der Waals surface area contributed by atoms with Gasteiger partial charge in [-0.15, -0.1) is 0 Å². The number of carbonyl (C=O) groups is 3. The maximum atomic E-state index is 12.4. The highest BCUT2D eigenvalue weighted by molar-refractivity contribution is 8.18. The first-order valence-corrected chi connectivity index (χ1v) is 9.55. The molecule has 1 aromatic carbocycles. The van der Waals surface area contributed by atoms with Crippen molar-refractivity contribution in [1.82, 2.24) is 14.9 Å². The summed E-state index contributed by atoms with van der Waals surface area (Å²) in [5.41, 5.74) is 1.35. The van der Waals surface area contributed by atoms with Gasteiger partial charge in [0.2, 0.25) is 5.91 Å². The third-order valence-electron chi connectivity index (χ3n) is 3.68. The fourth-order valence-electron chi connectivity index (χ4n) is 2.46. The lowest BCUT2D eigenvalue weighted by molar-refractivity contribution is -0.127. The maximum Gasteiger partial charge on any atom is 0.294 e. The number of aromatic nitrogens is 2. The molecule has 134 valence electrons. The van der Waals surface area contributed by atoms with Crippen LogP contribution in [0.1, 0.15) is 5.69 Å². The van der Waals surface area contributed by atoms with E-state index in [0.717, 1.165) is 26.9 Å². The minimum atomic E-state index is -0.505. The van der Waals surface area contributed by atoms with E-state index in [1.807, 2.05) is 24.3 Å². The molecule has 0 bridgehead atoms. The fourth-order valence-corrected chi connectivity index (χ4v) is 4.17. The fraction of sp³-hybridized carbons (Fsp3) is 0.0556. The number of thiazole rings is 1. The summed E-state index contributed by atoms with van der Waals surface area (Å²) in [6, 6.07) is 12.8. The number of amides is 3. The summed E-state index contributed by atoms with van der Waals surface area (Å²) in [4.78, 5) is 46.4. The molecule has 2 aromatic heterocycles. The number of benzene rings is 1. The van der Waals surface area contributed by atoms with Crippen LogP contribution in [0.5, 0.6) is 0 Å². The van der Waals surface area contributed by atoms with Crippen molar-refractivity contribution in [2.45, 2.75) is 0 Å². The molecule has 3 amide bonds. The zero-order chi connectivity index (χ0) is 18.8. The molecule has 1 aliphatic heterocycles. The van der Waals surface area contributed by atoms with Gasteiger partial charge in [-0.25, -0.2) is 4.98 Å². The average Bonchev–Trinajstić information content (AvgIpc) is 3.18. The molecule has 1 N–H and O–H groups in total. The molecule has 3 aromatic rings. The molecule has 9 heteroatoms. The Morgan fingerprint density at radius 2 is 1.96 bits per heavy atom. The number of imide groups is 1. The average molecular weight is 396 g/mol. The second-order valence-electron chi connectivity index (χ2n) is 5.56. The molecule has 27 heavy (non-hydrogen) atoms. The van der Waals surface area contributed by atoms with Crippen LogP contribution in [-0.2, 0) is 9.59 Å². The van der Waals surface area contributed by atoms with Crippen molar-refractivity contribution in [3.8, 4) is 0 Å². The van der Waals surface area contributed by atoms with E-state index >= 15 is 0 Å². The van der Waals surface area contributed by atoms with Crippen LogP contribution in [0.15, 0.2) is 53.6 Å². The molecule has 1 saturated heterocycles. The van der Waals surface area contributed by atoms with Crippen molar-refractivity contribution in [1.29, 1.82) is 0 Å². The largest absolute Gasteiger partial charge is 0.300 e. The van der Waals surface area contributed by atoms with Gasteiger partial charge >= 0.3 is 0 Å². The summed E-state index contributed by atoms with van der Waals surface area (Å²) in [5.74, 6) is -0.981. The summed E-state index contributed by atoms with van der Waals surface area (Å²) in [6.45, 7) is -0.361. The van der Waals surface area contributed by atoms with Gasteiger partial charge in [-0.05, 0) is 42.1 Å². The monoisotopic (exact) mass is 396 g/mol. The van der Waals surface area contributed by atoms with Gasteiger partial charge < -0.3 is 5.32 Å². The number of nitrogens with zero attached hydrogens (tertiary/aromatic N) is 3. The van der Waals surface area contributed by atoms with Crippen LogP contribution in [0, 0.1) is 0 Å². The predicted octanol–water partition coefficient (Wildman–Crippen LogP) is 3.37. The Labute approximate surface area is 162 Å². The van der Waals surface area contributed by atoms with Gasteiger partial charge in [0.05, 0.1) is 20.8 Å². The summed E-state index contributed by atoms with van der Waals surface area (Å²) in [6.07, 6.45) is 3.14. The molecule has 0 radical (unpaired) electrons. The summed E-state index contributed by atoms with van der Waals surface area (Å²) in [5, 5.41) is 2.59. The van der Waals surface area contributed by atoms with Crippen LogP contribution in [0.25, 0.3) is 16.3 Å². The first kappa shape index (κ1) is 17.4. The van der Waals surface area contributed by atoms with E-state index in [-0.39, 0.29) is 11.4 Å². The summed E-state index contributed by atoms with van der Waals surface area (Å²) in [7, 11) is 0. The van der Waals surface area contributed by atoms with E-state index in [2.05, 4.69) is 15.3 Å². The van der Waals surface area contributed by atoms with Crippen molar-refractivity contribution in [3.63, 3.8) is 0 Å². The number of hydrogen-bond acceptors (Lipinski definition) is 7. The Hall–Kier alpha value is -3.04. The zero-order valence-corrected chi connectivity index (χ0v) is 15.4. The van der Waals surface area contributed by atoms with Gasteiger partial charge in [0.15, 0.2) is 5.13 Å². The number of fused-ring (bicyclic) bond motifs is 1. The topological polar surface area (TPSA) is 92.3 Å². The molecule has 7 nitrogen and oxygen atoms in total. The van der Waals surface area contributed by atoms with Crippen molar-refractivity contribution in [3.05, 3.63) is 59.3 Å². The third-order valence-corrected chi connectivity index (χ3v) is 5.54. The highest BCUT2D eigenvalue weighted by Crippen LogP contribution is 2.32. The summed E-state index contributed by atoms with van der Waals surface area (Å²) >= 11 is 2.13.